The number of morpholine rings is 1. The first-order valence-electron chi connectivity index (χ1n) is 13.4. The molecule has 4 aromatic carbocycles. The van der Waals surface area contributed by atoms with E-state index in [1.54, 1.807) is 0 Å². The van der Waals surface area contributed by atoms with Gasteiger partial charge in [-0.25, -0.2) is 4.98 Å². The van der Waals surface area contributed by atoms with Crippen molar-refractivity contribution >= 4 is 72.1 Å². The van der Waals surface area contributed by atoms with Crippen molar-refractivity contribution in [3.63, 3.8) is 0 Å². The molecule has 0 spiro atoms. The minimum absolute atomic E-state index is 0.271. The van der Waals surface area contributed by atoms with Gasteiger partial charge in [0, 0.05) is 25.3 Å². The van der Waals surface area contributed by atoms with Gasteiger partial charge in [0.25, 0.3) is 5.91 Å². The number of thiazole rings is 1. The van der Waals surface area contributed by atoms with Crippen molar-refractivity contribution in [1.29, 1.82) is 0 Å². The average Bonchev–Trinajstić information content (AvgIpc) is 3.41. The third-order valence-corrected chi connectivity index (χ3v) is 8.00. The van der Waals surface area contributed by atoms with E-state index >= 15 is 0 Å². The lowest BCUT2D eigenvalue weighted by atomic mass is 10.1. The molecule has 0 unspecified atom stereocenters. The third-order valence-electron chi connectivity index (χ3n) is 6.78. The molecule has 0 bridgehead atoms. The van der Waals surface area contributed by atoms with Crippen LogP contribution in [0, 0.1) is 0 Å². The Morgan fingerprint density at radius 1 is 0.927 bits per heavy atom. The number of ether oxygens (including phenoxy) is 2. The summed E-state index contributed by atoms with van der Waals surface area (Å²) in [5, 5.41) is 12.4. The predicted molar refractivity (Wildman–Crippen MR) is 171 cm³/mol. The van der Waals surface area contributed by atoms with Gasteiger partial charge in [-0.1, -0.05) is 59.9 Å². The first kappa shape index (κ1) is 27.1. The van der Waals surface area contributed by atoms with Gasteiger partial charge in [0.05, 0.1) is 34.7 Å². The number of anilines is 3. The molecule has 0 aliphatic carbocycles. The number of hydrogen-bond donors (Lipinski definition) is 3. The van der Waals surface area contributed by atoms with Crippen molar-refractivity contribution in [3.05, 3.63) is 90.5 Å². The Labute approximate surface area is 247 Å². The van der Waals surface area contributed by atoms with Crippen LogP contribution in [0.15, 0.2) is 84.9 Å². The number of para-hydroxylation sites is 1. The van der Waals surface area contributed by atoms with Crippen LogP contribution in [-0.4, -0.2) is 60.4 Å². The molecule has 6 rings (SSSR count). The fraction of sp³-hybridized carbons (Fsp3) is 0.194. The van der Waals surface area contributed by atoms with Crippen molar-refractivity contribution in [3.8, 4) is 5.75 Å². The zero-order chi connectivity index (χ0) is 28.0. The minimum Gasteiger partial charge on any atom is -0.491 e. The average molecular weight is 584 g/mol. The monoisotopic (exact) mass is 583 g/mol. The Morgan fingerprint density at radius 2 is 1.68 bits per heavy atom. The van der Waals surface area contributed by atoms with E-state index in [0.29, 0.717) is 28.2 Å². The van der Waals surface area contributed by atoms with E-state index in [-0.39, 0.29) is 5.91 Å². The van der Waals surface area contributed by atoms with Crippen molar-refractivity contribution in [2.45, 2.75) is 0 Å². The molecule has 3 N–H and O–H groups in total. The highest BCUT2D eigenvalue weighted by atomic mass is 32.1. The number of rotatable bonds is 8. The second kappa shape index (κ2) is 12.6. The van der Waals surface area contributed by atoms with E-state index < -0.39 is 0 Å². The van der Waals surface area contributed by atoms with Gasteiger partial charge in [0.2, 0.25) is 0 Å². The quantitative estimate of drug-likeness (QED) is 0.186. The molecule has 1 saturated heterocycles. The smallest absolute Gasteiger partial charge is 0.261 e. The number of aromatic nitrogens is 1. The predicted octanol–water partition coefficient (Wildman–Crippen LogP) is 6.22. The Morgan fingerprint density at radius 3 is 2.49 bits per heavy atom. The van der Waals surface area contributed by atoms with Crippen LogP contribution < -0.4 is 20.7 Å². The van der Waals surface area contributed by atoms with Crippen LogP contribution in [0.1, 0.15) is 10.4 Å². The molecule has 0 atom stereocenters. The highest BCUT2D eigenvalue weighted by molar-refractivity contribution is 7.80. The third kappa shape index (κ3) is 6.63. The summed E-state index contributed by atoms with van der Waals surface area (Å²) in [6, 6.07) is 27.3. The maximum absolute atomic E-state index is 13.6. The summed E-state index contributed by atoms with van der Waals surface area (Å²) in [7, 11) is 0. The molecule has 41 heavy (non-hydrogen) atoms. The van der Waals surface area contributed by atoms with E-state index in [0.717, 1.165) is 65.2 Å². The molecular formula is C31H29N5O3S2. The number of amides is 1. The zero-order valence-corrected chi connectivity index (χ0v) is 23.9. The lowest BCUT2D eigenvalue weighted by Gasteiger charge is -2.26. The topological polar surface area (TPSA) is 87.8 Å². The van der Waals surface area contributed by atoms with Crippen molar-refractivity contribution in [2.75, 3.05) is 55.4 Å². The molecule has 10 heteroatoms. The summed E-state index contributed by atoms with van der Waals surface area (Å²) >= 11 is 6.91. The molecule has 5 aromatic rings. The number of fused-ring (bicyclic) bond motifs is 2. The van der Waals surface area contributed by atoms with Crippen LogP contribution in [0.4, 0.5) is 16.5 Å². The van der Waals surface area contributed by atoms with Crippen LogP contribution in [-0.2, 0) is 4.74 Å². The summed E-state index contributed by atoms with van der Waals surface area (Å²) in [5.41, 5.74) is 2.94. The number of hydrogen-bond acceptors (Lipinski definition) is 7. The van der Waals surface area contributed by atoms with Crippen molar-refractivity contribution in [2.24, 2.45) is 0 Å². The number of thiocarbonyl (C=S) groups is 1. The van der Waals surface area contributed by atoms with Crippen LogP contribution in [0.25, 0.3) is 21.0 Å². The van der Waals surface area contributed by atoms with Gasteiger partial charge < -0.3 is 20.1 Å². The number of carbonyl (C=O) groups excluding carboxylic acids is 1. The first-order valence-corrected chi connectivity index (χ1v) is 14.6. The Bertz CT molecular complexity index is 1690. The maximum Gasteiger partial charge on any atom is 0.261 e. The second-order valence-corrected chi connectivity index (χ2v) is 11.0. The molecule has 1 aliphatic heterocycles. The summed E-state index contributed by atoms with van der Waals surface area (Å²) < 4.78 is 12.5. The SMILES string of the molecule is O=C(Nc1nc2cccc(NC(=S)Nc3ccccc3)c2s1)c1cc2ccccc2cc1OCCN1CCOCC1. The molecule has 1 amide bonds. The van der Waals surface area contributed by atoms with Crippen LogP contribution in [0.2, 0.25) is 0 Å². The van der Waals surface area contributed by atoms with E-state index in [9.17, 15) is 4.79 Å². The van der Waals surface area contributed by atoms with Gasteiger partial charge in [-0.05, 0) is 59.4 Å². The van der Waals surface area contributed by atoms with Gasteiger partial charge >= 0.3 is 0 Å². The van der Waals surface area contributed by atoms with Gasteiger partial charge in [-0.15, -0.1) is 0 Å². The molecule has 208 valence electrons. The largest absolute Gasteiger partial charge is 0.491 e. The standard InChI is InChI=1S/C31H29N5O3S2/c37-29(24-19-21-7-4-5-8-22(21)20-27(24)39-18-15-36-13-16-38-17-14-36)35-31-34-26-12-6-11-25(28(26)41-31)33-30(40)32-23-9-2-1-3-10-23/h1-12,19-20H,13-18H2,(H2,32,33,40)(H,34,35,37). The molecule has 1 fully saturated rings. The molecule has 1 aliphatic rings. The van der Waals surface area contributed by atoms with Crippen molar-refractivity contribution in [1.82, 2.24) is 9.88 Å². The highest BCUT2D eigenvalue weighted by Gasteiger charge is 2.18. The number of carbonyl (C=O) groups is 1. The Kier molecular flexibility index (Phi) is 8.33. The van der Waals surface area contributed by atoms with Gasteiger partial charge in [0.15, 0.2) is 10.2 Å². The van der Waals surface area contributed by atoms with E-state index in [1.807, 2.05) is 84.9 Å². The fourth-order valence-corrected chi connectivity index (χ4v) is 5.85. The van der Waals surface area contributed by atoms with Crippen molar-refractivity contribution < 1.29 is 14.3 Å². The molecule has 0 saturated carbocycles. The minimum atomic E-state index is -0.271. The van der Waals surface area contributed by atoms with Crippen LogP contribution in [0.5, 0.6) is 5.75 Å². The summed E-state index contributed by atoms with van der Waals surface area (Å²) in [5.74, 6) is 0.280. The van der Waals surface area contributed by atoms with Crippen LogP contribution >= 0.6 is 23.6 Å². The Balaban J connectivity index is 1.20. The number of nitrogens with zero attached hydrogens (tertiary/aromatic N) is 2. The number of benzene rings is 4. The molecular weight excluding hydrogens is 555 g/mol. The lowest BCUT2D eigenvalue weighted by Crippen LogP contribution is -2.38. The summed E-state index contributed by atoms with van der Waals surface area (Å²) in [4.78, 5) is 20.6. The van der Waals surface area contributed by atoms with Gasteiger partial charge in [-0.3, -0.25) is 15.0 Å². The Hall–Kier alpha value is -4.09. The normalized spacial score (nSPS) is 13.7. The van der Waals surface area contributed by atoms with Gasteiger partial charge in [-0.2, -0.15) is 0 Å². The summed E-state index contributed by atoms with van der Waals surface area (Å²) in [6.07, 6.45) is 0. The zero-order valence-electron chi connectivity index (χ0n) is 22.3. The molecule has 2 heterocycles. The first-order chi connectivity index (χ1) is 20.1. The fourth-order valence-electron chi connectivity index (χ4n) is 4.70. The molecule has 0 radical (unpaired) electrons. The van der Waals surface area contributed by atoms with Gasteiger partial charge in [0.1, 0.15) is 12.4 Å². The van der Waals surface area contributed by atoms with E-state index in [4.69, 9.17) is 21.7 Å². The lowest BCUT2D eigenvalue weighted by molar-refractivity contribution is 0.0322. The highest BCUT2D eigenvalue weighted by Crippen LogP contribution is 2.33. The molecule has 1 aromatic heterocycles. The molecule has 8 nitrogen and oxygen atoms in total. The summed E-state index contributed by atoms with van der Waals surface area (Å²) in [6.45, 7) is 4.49. The van der Waals surface area contributed by atoms with Crippen LogP contribution in [0.3, 0.4) is 0 Å². The number of nitrogens with one attached hydrogen (secondary N) is 3. The van der Waals surface area contributed by atoms with E-state index in [2.05, 4.69) is 25.8 Å². The van der Waals surface area contributed by atoms with E-state index in [1.165, 1.54) is 11.3 Å². The maximum atomic E-state index is 13.6. The second-order valence-electron chi connectivity index (χ2n) is 9.57.